The number of hydrogen-bond acceptors (Lipinski definition) is 7. The molecule has 8 nitrogen and oxygen atoms in total. The number of carbonyl (C=O) groups is 1. The van der Waals surface area contributed by atoms with E-state index in [4.69, 9.17) is 21.1 Å². The maximum absolute atomic E-state index is 15.3. The smallest absolute Gasteiger partial charge is 0.471 e. The van der Waals surface area contributed by atoms with Gasteiger partial charge in [-0.15, -0.1) is 0 Å². The first kappa shape index (κ1) is 32.9. The van der Waals surface area contributed by atoms with E-state index in [1.54, 1.807) is 0 Å². The Kier molecular flexibility index (Phi) is 8.75. The van der Waals surface area contributed by atoms with Crippen LogP contribution in [0.15, 0.2) is 41.3 Å². The van der Waals surface area contributed by atoms with Crippen molar-refractivity contribution in [2.45, 2.75) is 60.1 Å². The molecule has 2 aromatic carbocycles. The number of amides is 1. The van der Waals surface area contributed by atoms with E-state index in [0.29, 0.717) is 4.90 Å². The first-order valence-corrected chi connectivity index (χ1v) is 17.5. The highest BCUT2D eigenvalue weighted by Crippen LogP contribution is 2.49. The van der Waals surface area contributed by atoms with Crippen LogP contribution in [0.4, 0.5) is 22.0 Å². The Hall–Kier alpha value is -2.49. The molecule has 3 aliphatic heterocycles. The topological polar surface area (TPSA) is 107 Å². The normalized spacial score (nSPS) is 27.4. The average Bonchev–Trinajstić information content (AvgIpc) is 3.32. The number of nitrogens with zero attached hydrogens (tertiary/aromatic N) is 1. The van der Waals surface area contributed by atoms with Gasteiger partial charge >= 0.3 is 12.1 Å². The maximum atomic E-state index is 15.3. The lowest BCUT2D eigenvalue weighted by atomic mass is 9.76. The minimum Gasteiger partial charge on any atom is -0.490 e. The van der Waals surface area contributed by atoms with Crippen molar-refractivity contribution in [2.24, 2.45) is 5.92 Å². The minimum absolute atomic E-state index is 0.0539. The summed E-state index contributed by atoms with van der Waals surface area (Å²) in [5.74, 6) is -7.72. The number of benzene rings is 2. The molecule has 44 heavy (non-hydrogen) atoms. The van der Waals surface area contributed by atoms with Gasteiger partial charge in [0.25, 0.3) is 0 Å². The zero-order valence-corrected chi connectivity index (χ0v) is 25.7. The van der Waals surface area contributed by atoms with Crippen molar-refractivity contribution in [2.75, 3.05) is 31.3 Å². The number of ether oxygens (including phenoxy) is 2. The number of sulfone groups is 2. The van der Waals surface area contributed by atoms with Crippen LogP contribution in [-0.4, -0.2) is 82.0 Å². The summed E-state index contributed by atoms with van der Waals surface area (Å²) in [6.07, 6.45) is -6.11. The molecule has 2 saturated heterocycles. The molecule has 1 amide bonds. The molecule has 0 aliphatic carbocycles. The van der Waals surface area contributed by atoms with Crippen molar-refractivity contribution in [3.63, 3.8) is 0 Å². The van der Waals surface area contributed by atoms with Crippen molar-refractivity contribution in [1.82, 2.24) is 4.90 Å². The third kappa shape index (κ3) is 6.16. The predicted octanol–water partition coefficient (Wildman–Crippen LogP) is 4.70. The number of likely N-dealkylation sites (tertiary alicyclic amines) is 1. The van der Waals surface area contributed by atoms with Gasteiger partial charge in [0.2, 0.25) is 0 Å². The molecule has 0 bridgehead atoms. The molecule has 3 aliphatic rings. The van der Waals surface area contributed by atoms with Gasteiger partial charge in [0.1, 0.15) is 5.82 Å². The summed E-state index contributed by atoms with van der Waals surface area (Å²) in [4.78, 5) is 12.4. The lowest BCUT2D eigenvalue weighted by Gasteiger charge is -2.45. The number of alkyl halides is 3. The van der Waals surface area contributed by atoms with Crippen LogP contribution >= 0.6 is 11.6 Å². The highest BCUT2D eigenvalue weighted by molar-refractivity contribution is 7.92. The number of rotatable bonds is 7. The average molecular weight is 686 g/mol. The summed E-state index contributed by atoms with van der Waals surface area (Å²) < 4.78 is 135. The molecule has 5 unspecified atom stereocenters. The van der Waals surface area contributed by atoms with Gasteiger partial charge in [-0.1, -0.05) is 11.6 Å². The van der Waals surface area contributed by atoms with Gasteiger partial charge in [0, 0.05) is 29.0 Å². The molecule has 16 heteroatoms. The van der Waals surface area contributed by atoms with Gasteiger partial charge in [0.05, 0.1) is 46.5 Å². The fourth-order valence-electron chi connectivity index (χ4n) is 6.64. The maximum Gasteiger partial charge on any atom is 0.471 e. The fraction of sp³-hybridized carbons (Fsp3) is 0.536. The summed E-state index contributed by atoms with van der Waals surface area (Å²) in [5, 5.41) is -1.11. The summed E-state index contributed by atoms with van der Waals surface area (Å²) >= 11 is 5.91. The van der Waals surface area contributed by atoms with Crippen LogP contribution in [0.1, 0.15) is 37.7 Å². The summed E-state index contributed by atoms with van der Waals surface area (Å²) in [7, 11) is -8.30. The second-order valence-corrected chi connectivity index (χ2v) is 16.4. The van der Waals surface area contributed by atoms with Crippen LogP contribution in [0.25, 0.3) is 0 Å². The Morgan fingerprint density at radius 3 is 2.36 bits per heavy atom. The Morgan fingerprint density at radius 1 is 1.05 bits per heavy atom. The molecule has 0 radical (unpaired) electrons. The third-order valence-corrected chi connectivity index (χ3v) is 13.0. The Bertz CT molecular complexity index is 1650. The van der Waals surface area contributed by atoms with Crippen LogP contribution < -0.4 is 4.74 Å². The monoisotopic (exact) mass is 685 g/mol. The molecular weight excluding hydrogens is 657 g/mol. The van der Waals surface area contributed by atoms with Gasteiger partial charge in [-0.05, 0) is 62.6 Å². The summed E-state index contributed by atoms with van der Waals surface area (Å²) in [5.41, 5.74) is -1.87. The molecule has 0 spiro atoms. The second-order valence-electron chi connectivity index (χ2n) is 11.6. The van der Waals surface area contributed by atoms with Crippen LogP contribution in [0.2, 0.25) is 5.02 Å². The first-order chi connectivity index (χ1) is 20.4. The second kappa shape index (κ2) is 11.7. The molecule has 2 aromatic rings. The number of hydrogen-bond donors (Lipinski definition) is 0. The fourth-order valence-corrected chi connectivity index (χ4v) is 10.6. The van der Waals surface area contributed by atoms with Gasteiger partial charge in [0.15, 0.2) is 31.2 Å². The van der Waals surface area contributed by atoms with E-state index >= 15 is 4.39 Å². The van der Waals surface area contributed by atoms with Crippen LogP contribution in [0.5, 0.6) is 5.75 Å². The van der Waals surface area contributed by atoms with E-state index in [1.807, 2.05) is 0 Å². The molecule has 242 valence electrons. The molecule has 5 rings (SSSR count). The Morgan fingerprint density at radius 2 is 1.70 bits per heavy atom. The molecule has 3 heterocycles. The van der Waals surface area contributed by atoms with E-state index in [0.717, 1.165) is 12.1 Å². The van der Waals surface area contributed by atoms with Gasteiger partial charge < -0.3 is 14.4 Å². The predicted molar refractivity (Wildman–Crippen MR) is 149 cm³/mol. The lowest BCUT2D eigenvalue weighted by molar-refractivity contribution is -0.188. The quantitative estimate of drug-likeness (QED) is 0.389. The highest BCUT2D eigenvalue weighted by Gasteiger charge is 2.53. The molecule has 2 fully saturated rings. The van der Waals surface area contributed by atoms with E-state index < -0.39 is 96.0 Å². The van der Waals surface area contributed by atoms with E-state index in [-0.39, 0.29) is 47.9 Å². The zero-order chi connectivity index (χ0) is 32.2. The van der Waals surface area contributed by atoms with E-state index in [1.165, 1.54) is 31.2 Å². The van der Waals surface area contributed by atoms with Crippen molar-refractivity contribution in [3.8, 4) is 5.75 Å². The Labute approximate surface area is 256 Å². The largest absolute Gasteiger partial charge is 0.490 e. The molecule has 0 saturated carbocycles. The minimum atomic E-state index is -5.16. The molecule has 0 aromatic heterocycles. The van der Waals surface area contributed by atoms with Crippen molar-refractivity contribution in [1.29, 1.82) is 0 Å². The molecule has 5 atom stereocenters. The number of fused-ring (bicyclic) bond motifs is 3. The van der Waals surface area contributed by atoms with Crippen LogP contribution in [0.3, 0.4) is 0 Å². The van der Waals surface area contributed by atoms with Gasteiger partial charge in [-0.3, -0.25) is 4.79 Å². The van der Waals surface area contributed by atoms with Crippen LogP contribution in [0, 0.1) is 17.6 Å². The number of carbonyl (C=O) groups excluding carboxylic acids is 1. The Balaban J connectivity index is 1.41. The van der Waals surface area contributed by atoms with Crippen LogP contribution in [-0.2, 0) is 29.2 Å². The summed E-state index contributed by atoms with van der Waals surface area (Å²) in [6.45, 7) is 0.283. The van der Waals surface area contributed by atoms with Crippen molar-refractivity contribution in [3.05, 3.63) is 58.6 Å². The van der Waals surface area contributed by atoms with Gasteiger partial charge in [-0.2, -0.15) is 13.2 Å². The first-order valence-electron chi connectivity index (χ1n) is 13.8. The lowest BCUT2D eigenvalue weighted by Crippen LogP contribution is -2.54. The van der Waals surface area contributed by atoms with Gasteiger partial charge in [-0.25, -0.2) is 25.6 Å². The highest BCUT2D eigenvalue weighted by atomic mass is 35.5. The van der Waals surface area contributed by atoms with E-state index in [2.05, 4.69) is 0 Å². The zero-order valence-electron chi connectivity index (χ0n) is 23.3. The van der Waals surface area contributed by atoms with Crippen molar-refractivity contribution < 1.29 is 53.1 Å². The number of halogens is 6. The summed E-state index contributed by atoms with van der Waals surface area (Å²) in [6, 6.07) is 7.02. The SMILES string of the molecule is CC1(CS(=O)(=O)CCC2OCC(S(=O)(=O)c3ccc(Cl)cc3)C3c4c(F)ccc(F)c4OCC23)CCCN1C(=O)C(F)(F)F. The van der Waals surface area contributed by atoms with E-state index in [9.17, 15) is 39.2 Å². The third-order valence-electron chi connectivity index (χ3n) is 8.68. The molecular formula is C28H29ClF5NO7S2. The standard InChI is InChI=1S/C28H29ClF5NO7S2/c1-27(10-2-11-35(27)26(36)28(32,33)34)15-43(37,38)12-9-21-18-13-42-25-20(31)8-7-19(30)24(25)23(18)22(14-41-21)44(39,40)17-5-3-16(29)4-6-17/h3-8,18,21-23H,2,9-15H2,1H3. The van der Waals surface area contributed by atoms with Crippen molar-refractivity contribution >= 4 is 37.2 Å². The molecule has 0 N–H and O–H groups in total.